The minimum absolute atomic E-state index is 0.414. The van der Waals surface area contributed by atoms with E-state index in [-0.39, 0.29) is 0 Å². The number of rotatable bonds is 14. The van der Waals surface area contributed by atoms with Gasteiger partial charge in [0, 0.05) is 0 Å². The molecule has 0 saturated heterocycles. The van der Waals surface area contributed by atoms with Gasteiger partial charge in [0.2, 0.25) is 0 Å². The summed E-state index contributed by atoms with van der Waals surface area (Å²) < 4.78 is 0. The van der Waals surface area contributed by atoms with Crippen molar-refractivity contribution in [2.75, 3.05) is 6.54 Å². The third-order valence-corrected chi connectivity index (χ3v) is 3.60. The van der Waals surface area contributed by atoms with Crippen LogP contribution in [0.15, 0.2) is 0 Å². The fourth-order valence-corrected chi connectivity index (χ4v) is 2.20. The van der Waals surface area contributed by atoms with Gasteiger partial charge < -0.3 is 10.4 Å². The summed E-state index contributed by atoms with van der Waals surface area (Å²) in [5, 5.41) is 11.7. The van der Waals surface area contributed by atoms with Gasteiger partial charge >= 0.3 is 5.97 Å². The van der Waals surface area contributed by atoms with Crippen molar-refractivity contribution in [3.8, 4) is 0 Å². The quantitative estimate of drug-likeness (QED) is 0.461. The average Bonchev–Trinajstić information content (AvgIpc) is 2.39. The number of carboxylic acid groups (broad SMARTS) is 1. The lowest BCUT2D eigenvalue weighted by Gasteiger charge is -2.08. The molecule has 0 aliphatic heterocycles. The van der Waals surface area contributed by atoms with E-state index in [2.05, 4.69) is 12.2 Å². The zero-order chi connectivity index (χ0) is 14.3. The first-order valence-electron chi connectivity index (χ1n) is 8.14. The zero-order valence-electron chi connectivity index (χ0n) is 12.9. The maximum Gasteiger partial charge on any atom is 0.320 e. The Kier molecular flexibility index (Phi) is 13.4. The Morgan fingerprint density at radius 1 is 0.895 bits per heavy atom. The van der Waals surface area contributed by atoms with E-state index in [1.807, 2.05) is 0 Å². The average molecular weight is 271 g/mol. The van der Waals surface area contributed by atoms with E-state index in [9.17, 15) is 4.79 Å². The molecule has 0 amide bonds. The number of hydrogen-bond donors (Lipinski definition) is 2. The highest BCUT2D eigenvalue weighted by Crippen LogP contribution is 2.10. The van der Waals surface area contributed by atoms with E-state index >= 15 is 0 Å². The Morgan fingerprint density at radius 2 is 1.32 bits per heavy atom. The molecule has 0 aliphatic rings. The smallest absolute Gasteiger partial charge is 0.320 e. The van der Waals surface area contributed by atoms with Crippen molar-refractivity contribution in [1.82, 2.24) is 5.32 Å². The molecule has 0 aromatic rings. The van der Waals surface area contributed by atoms with Gasteiger partial charge in [0.1, 0.15) is 6.04 Å². The molecule has 0 spiro atoms. The first kappa shape index (κ1) is 18.4. The minimum Gasteiger partial charge on any atom is -0.480 e. The summed E-state index contributed by atoms with van der Waals surface area (Å²) in [6.45, 7) is 4.78. The lowest BCUT2D eigenvalue weighted by molar-refractivity contribution is -0.138. The van der Waals surface area contributed by atoms with Crippen LogP contribution in [-0.2, 0) is 4.79 Å². The minimum atomic E-state index is -0.761. The Hall–Kier alpha value is -0.570. The standard InChI is InChI=1S/C16H33NO2/c1-3-4-5-6-7-8-9-10-11-12-13-14-17-15(2)16(18)19/h15,17H,3-14H2,1-2H3,(H,18,19)/t15-/m0/s1. The van der Waals surface area contributed by atoms with Gasteiger partial charge in [0.05, 0.1) is 0 Å². The molecule has 0 aromatic carbocycles. The third-order valence-electron chi connectivity index (χ3n) is 3.60. The van der Waals surface area contributed by atoms with Gasteiger partial charge in [0.25, 0.3) is 0 Å². The first-order valence-corrected chi connectivity index (χ1v) is 8.14. The molecule has 0 radical (unpaired) electrons. The van der Waals surface area contributed by atoms with Gasteiger partial charge in [-0.3, -0.25) is 4.79 Å². The molecule has 0 saturated carbocycles. The van der Waals surface area contributed by atoms with E-state index < -0.39 is 12.0 Å². The van der Waals surface area contributed by atoms with Crippen LogP contribution in [0, 0.1) is 0 Å². The van der Waals surface area contributed by atoms with Gasteiger partial charge in [-0.2, -0.15) is 0 Å². The van der Waals surface area contributed by atoms with Crippen LogP contribution < -0.4 is 5.32 Å². The second-order valence-electron chi connectivity index (χ2n) is 5.55. The number of hydrogen-bond acceptors (Lipinski definition) is 2. The number of carboxylic acids is 1. The van der Waals surface area contributed by atoms with Crippen molar-refractivity contribution >= 4 is 5.97 Å². The van der Waals surface area contributed by atoms with E-state index in [4.69, 9.17) is 5.11 Å². The molecule has 2 N–H and O–H groups in total. The van der Waals surface area contributed by atoms with Crippen molar-refractivity contribution in [2.24, 2.45) is 0 Å². The van der Waals surface area contributed by atoms with Crippen LogP contribution >= 0.6 is 0 Å². The molecule has 0 unspecified atom stereocenters. The summed E-state index contributed by atoms with van der Waals surface area (Å²) >= 11 is 0. The Labute approximate surface area is 119 Å². The van der Waals surface area contributed by atoms with Gasteiger partial charge in [-0.15, -0.1) is 0 Å². The molecule has 0 bridgehead atoms. The second kappa shape index (κ2) is 13.9. The highest BCUT2D eigenvalue weighted by molar-refractivity contribution is 5.72. The van der Waals surface area contributed by atoms with Crippen molar-refractivity contribution in [1.29, 1.82) is 0 Å². The number of unbranched alkanes of at least 4 members (excludes halogenated alkanes) is 10. The summed E-state index contributed by atoms with van der Waals surface area (Å²) in [7, 11) is 0. The Bertz CT molecular complexity index is 207. The van der Waals surface area contributed by atoms with E-state index in [0.29, 0.717) is 0 Å². The van der Waals surface area contributed by atoms with E-state index in [1.54, 1.807) is 6.92 Å². The number of aliphatic carboxylic acids is 1. The summed E-state index contributed by atoms with van der Waals surface area (Å²) in [5.74, 6) is -0.761. The van der Waals surface area contributed by atoms with Crippen LogP contribution in [-0.4, -0.2) is 23.7 Å². The van der Waals surface area contributed by atoms with Crippen LogP contribution in [0.25, 0.3) is 0 Å². The molecule has 0 heterocycles. The van der Waals surface area contributed by atoms with Gasteiger partial charge in [-0.1, -0.05) is 71.1 Å². The molecule has 0 aliphatic carbocycles. The molecule has 19 heavy (non-hydrogen) atoms. The molecular formula is C16H33NO2. The van der Waals surface area contributed by atoms with Crippen molar-refractivity contribution in [2.45, 2.75) is 90.5 Å². The molecule has 114 valence electrons. The lowest BCUT2D eigenvalue weighted by atomic mass is 10.1. The molecule has 0 aromatic heterocycles. The molecule has 0 rings (SSSR count). The number of carbonyl (C=O) groups is 1. The Balaban J connectivity index is 3.05. The third kappa shape index (κ3) is 13.7. The molecule has 0 fully saturated rings. The molecule has 3 nitrogen and oxygen atoms in total. The molecule has 1 atom stereocenters. The van der Waals surface area contributed by atoms with Crippen molar-refractivity contribution < 1.29 is 9.90 Å². The van der Waals surface area contributed by atoms with Gasteiger partial charge in [0.15, 0.2) is 0 Å². The zero-order valence-corrected chi connectivity index (χ0v) is 12.9. The van der Waals surface area contributed by atoms with E-state index in [0.717, 1.165) is 13.0 Å². The van der Waals surface area contributed by atoms with Crippen LogP contribution in [0.5, 0.6) is 0 Å². The highest BCUT2D eigenvalue weighted by atomic mass is 16.4. The Morgan fingerprint density at radius 3 is 1.74 bits per heavy atom. The first-order chi connectivity index (χ1) is 9.18. The van der Waals surface area contributed by atoms with Crippen LogP contribution in [0.2, 0.25) is 0 Å². The van der Waals surface area contributed by atoms with E-state index in [1.165, 1.54) is 64.2 Å². The summed E-state index contributed by atoms with van der Waals surface area (Å²) in [6.07, 6.45) is 14.6. The lowest BCUT2D eigenvalue weighted by Crippen LogP contribution is -2.34. The fraction of sp³-hybridized carbons (Fsp3) is 0.938. The van der Waals surface area contributed by atoms with Gasteiger partial charge in [-0.25, -0.2) is 0 Å². The normalized spacial score (nSPS) is 12.5. The number of nitrogens with one attached hydrogen (secondary N) is 1. The summed E-state index contributed by atoms with van der Waals surface area (Å²) in [6, 6.07) is -0.414. The topological polar surface area (TPSA) is 49.3 Å². The summed E-state index contributed by atoms with van der Waals surface area (Å²) in [5.41, 5.74) is 0. The predicted octanol–water partition coefficient (Wildman–Crippen LogP) is 4.36. The SMILES string of the molecule is CCCCCCCCCCCCCN[C@@H](C)C(=O)O. The summed E-state index contributed by atoms with van der Waals surface area (Å²) in [4.78, 5) is 10.6. The fourth-order valence-electron chi connectivity index (χ4n) is 2.20. The van der Waals surface area contributed by atoms with Crippen molar-refractivity contribution in [3.05, 3.63) is 0 Å². The van der Waals surface area contributed by atoms with Crippen LogP contribution in [0.1, 0.15) is 84.5 Å². The van der Waals surface area contributed by atoms with Crippen LogP contribution in [0.4, 0.5) is 0 Å². The van der Waals surface area contributed by atoms with Gasteiger partial charge in [-0.05, 0) is 19.9 Å². The maximum atomic E-state index is 10.6. The molecule has 3 heteroatoms. The van der Waals surface area contributed by atoms with Crippen LogP contribution in [0.3, 0.4) is 0 Å². The monoisotopic (exact) mass is 271 g/mol. The second-order valence-corrected chi connectivity index (χ2v) is 5.55. The molecular weight excluding hydrogens is 238 g/mol. The van der Waals surface area contributed by atoms with Crippen molar-refractivity contribution in [3.63, 3.8) is 0 Å². The highest BCUT2D eigenvalue weighted by Gasteiger charge is 2.07. The predicted molar refractivity (Wildman–Crippen MR) is 81.6 cm³/mol. The maximum absolute atomic E-state index is 10.6. The largest absolute Gasteiger partial charge is 0.480 e.